The molecule has 3 aromatic heterocycles. The lowest BCUT2D eigenvalue weighted by Crippen LogP contribution is -2.11. The van der Waals surface area contributed by atoms with E-state index < -0.39 is 0 Å². The van der Waals surface area contributed by atoms with Crippen molar-refractivity contribution in [3.8, 4) is 5.95 Å². The fraction of sp³-hybridized carbons (Fsp3) is 0.312. The molecule has 0 bridgehead atoms. The fourth-order valence-corrected chi connectivity index (χ4v) is 2.61. The Bertz CT molecular complexity index is 983. The van der Waals surface area contributed by atoms with Crippen molar-refractivity contribution in [2.75, 3.05) is 12.3 Å². The molecule has 0 aliphatic carbocycles. The van der Waals surface area contributed by atoms with Gasteiger partial charge in [0.1, 0.15) is 18.5 Å². The molecule has 3 rings (SSSR count). The Morgan fingerprint density at radius 3 is 2.85 bits per heavy atom. The Morgan fingerprint density at radius 1 is 1.38 bits per heavy atom. The van der Waals surface area contributed by atoms with E-state index in [0.717, 1.165) is 11.1 Å². The highest BCUT2D eigenvalue weighted by molar-refractivity contribution is 6.29. The summed E-state index contributed by atoms with van der Waals surface area (Å²) in [6.45, 7) is 6.60. The van der Waals surface area contributed by atoms with Gasteiger partial charge in [0.15, 0.2) is 0 Å². The van der Waals surface area contributed by atoms with Gasteiger partial charge in [-0.15, -0.1) is 0 Å². The number of hydrogen-bond donors (Lipinski definition) is 1. The van der Waals surface area contributed by atoms with Crippen LogP contribution in [0.4, 0.5) is 5.95 Å². The van der Waals surface area contributed by atoms with E-state index in [0.29, 0.717) is 35.4 Å². The van der Waals surface area contributed by atoms with Crippen LogP contribution < -0.4 is 5.73 Å². The highest BCUT2D eigenvalue weighted by Gasteiger charge is 2.18. The Morgan fingerprint density at radius 2 is 2.19 bits per heavy atom. The largest absolute Gasteiger partial charge is 0.391 e. The SMILES string of the molecule is CCn1c(-n2ncnc2N)nc2cncc(C(C)=NOC/C=C(\C)Cl)c21. The number of allylic oxidation sites excluding steroid dienone is 1. The second-order valence-electron chi connectivity index (χ2n) is 5.50. The summed E-state index contributed by atoms with van der Waals surface area (Å²) in [4.78, 5) is 18.1. The second-order valence-corrected chi connectivity index (χ2v) is 6.10. The zero-order valence-corrected chi connectivity index (χ0v) is 15.5. The number of imidazole rings is 1. The van der Waals surface area contributed by atoms with Crippen molar-refractivity contribution in [2.45, 2.75) is 27.3 Å². The van der Waals surface area contributed by atoms with Crippen molar-refractivity contribution < 1.29 is 4.84 Å². The van der Waals surface area contributed by atoms with Crippen molar-refractivity contribution in [1.82, 2.24) is 29.3 Å². The average molecular weight is 375 g/mol. The van der Waals surface area contributed by atoms with Gasteiger partial charge in [0, 0.05) is 23.3 Å². The summed E-state index contributed by atoms with van der Waals surface area (Å²) >= 11 is 5.78. The van der Waals surface area contributed by atoms with Crippen LogP contribution in [0.1, 0.15) is 26.3 Å². The zero-order chi connectivity index (χ0) is 18.7. The molecule has 136 valence electrons. The number of anilines is 1. The van der Waals surface area contributed by atoms with Crippen LogP contribution in [-0.4, -0.2) is 41.6 Å². The van der Waals surface area contributed by atoms with Gasteiger partial charge in [0.2, 0.25) is 11.9 Å². The molecule has 0 unspecified atom stereocenters. The predicted molar refractivity (Wildman–Crippen MR) is 100 cm³/mol. The van der Waals surface area contributed by atoms with Crippen LogP contribution in [0.3, 0.4) is 0 Å². The van der Waals surface area contributed by atoms with Gasteiger partial charge in [-0.2, -0.15) is 14.8 Å². The molecule has 3 heterocycles. The van der Waals surface area contributed by atoms with E-state index in [1.165, 1.54) is 11.0 Å². The molecule has 0 aliphatic rings. The van der Waals surface area contributed by atoms with Gasteiger partial charge < -0.3 is 15.1 Å². The average Bonchev–Trinajstić information content (AvgIpc) is 3.20. The number of rotatable bonds is 6. The number of fused-ring (bicyclic) bond motifs is 1. The standard InChI is InChI=1S/C16H19ClN8O/c1-4-24-14-12(11(3)23-26-6-5-10(2)17)7-19-8-13(14)22-16(24)25-15(18)20-9-21-25/h5,7-9H,4,6H2,1-3H3,(H2,18,20,21)/b10-5+,23-11?. The summed E-state index contributed by atoms with van der Waals surface area (Å²) in [7, 11) is 0. The first-order chi connectivity index (χ1) is 12.5. The predicted octanol–water partition coefficient (Wildman–Crippen LogP) is 2.50. The summed E-state index contributed by atoms with van der Waals surface area (Å²) in [5.41, 5.74) is 8.96. The van der Waals surface area contributed by atoms with Crippen LogP contribution in [0.5, 0.6) is 0 Å². The Hall–Kier alpha value is -2.94. The minimum atomic E-state index is 0.265. The molecule has 0 saturated carbocycles. The zero-order valence-electron chi connectivity index (χ0n) is 14.7. The lowest BCUT2D eigenvalue weighted by molar-refractivity contribution is 0.174. The van der Waals surface area contributed by atoms with Crippen molar-refractivity contribution in [2.24, 2.45) is 5.16 Å². The lowest BCUT2D eigenvalue weighted by Gasteiger charge is -2.09. The van der Waals surface area contributed by atoms with E-state index in [1.807, 2.05) is 18.4 Å². The minimum absolute atomic E-state index is 0.265. The number of halogens is 1. The molecule has 10 heteroatoms. The molecule has 0 radical (unpaired) electrons. The summed E-state index contributed by atoms with van der Waals surface area (Å²) in [6, 6.07) is 0. The maximum absolute atomic E-state index is 5.88. The topological polar surface area (TPSA) is 109 Å². The van der Waals surface area contributed by atoms with E-state index in [2.05, 4.69) is 25.2 Å². The smallest absolute Gasteiger partial charge is 0.235 e. The Kier molecular flexibility index (Phi) is 5.17. The van der Waals surface area contributed by atoms with Crippen LogP contribution >= 0.6 is 11.6 Å². The molecule has 0 aliphatic heterocycles. The van der Waals surface area contributed by atoms with E-state index in [1.54, 1.807) is 25.4 Å². The minimum Gasteiger partial charge on any atom is -0.391 e. The third kappa shape index (κ3) is 3.38. The molecule has 0 atom stereocenters. The highest BCUT2D eigenvalue weighted by Crippen LogP contribution is 2.23. The molecular formula is C16H19ClN8O. The first-order valence-corrected chi connectivity index (χ1v) is 8.40. The van der Waals surface area contributed by atoms with E-state index in [4.69, 9.17) is 22.2 Å². The maximum atomic E-state index is 5.88. The summed E-state index contributed by atoms with van der Waals surface area (Å²) in [5.74, 6) is 0.836. The van der Waals surface area contributed by atoms with E-state index >= 15 is 0 Å². The van der Waals surface area contributed by atoms with E-state index in [9.17, 15) is 0 Å². The van der Waals surface area contributed by atoms with Crippen molar-refractivity contribution in [3.05, 3.63) is 35.4 Å². The lowest BCUT2D eigenvalue weighted by atomic mass is 10.1. The number of nitrogens with zero attached hydrogens (tertiary/aromatic N) is 7. The number of hydrogen-bond acceptors (Lipinski definition) is 7. The van der Waals surface area contributed by atoms with Crippen LogP contribution in [-0.2, 0) is 11.4 Å². The summed E-state index contributed by atoms with van der Waals surface area (Å²) in [5, 5.41) is 8.95. The van der Waals surface area contributed by atoms with Crippen LogP contribution in [0.25, 0.3) is 17.0 Å². The molecule has 0 fully saturated rings. The van der Waals surface area contributed by atoms with Crippen molar-refractivity contribution >= 4 is 34.3 Å². The van der Waals surface area contributed by atoms with E-state index in [-0.39, 0.29) is 5.95 Å². The third-order valence-electron chi connectivity index (χ3n) is 3.74. The van der Waals surface area contributed by atoms with Gasteiger partial charge >= 0.3 is 0 Å². The normalized spacial score (nSPS) is 12.8. The molecule has 0 saturated heterocycles. The number of pyridine rings is 1. The molecule has 0 spiro atoms. The molecular weight excluding hydrogens is 356 g/mol. The summed E-state index contributed by atoms with van der Waals surface area (Å²) < 4.78 is 3.48. The highest BCUT2D eigenvalue weighted by atomic mass is 35.5. The molecule has 3 aromatic rings. The van der Waals surface area contributed by atoms with Gasteiger partial charge in [0.05, 0.1) is 17.4 Å². The maximum Gasteiger partial charge on any atom is 0.235 e. The Labute approximate surface area is 155 Å². The fourth-order valence-electron chi connectivity index (χ4n) is 2.54. The van der Waals surface area contributed by atoms with Crippen LogP contribution in [0.2, 0.25) is 0 Å². The number of aryl methyl sites for hydroxylation is 1. The molecule has 9 nitrogen and oxygen atoms in total. The first-order valence-electron chi connectivity index (χ1n) is 8.02. The molecule has 2 N–H and O–H groups in total. The number of nitrogens with two attached hydrogens (primary N) is 1. The monoisotopic (exact) mass is 374 g/mol. The van der Waals surface area contributed by atoms with Gasteiger partial charge in [0.25, 0.3) is 0 Å². The van der Waals surface area contributed by atoms with Crippen LogP contribution in [0.15, 0.2) is 35.0 Å². The van der Waals surface area contributed by atoms with Crippen molar-refractivity contribution in [3.63, 3.8) is 0 Å². The second kappa shape index (κ2) is 7.52. The number of nitrogen functional groups attached to an aromatic ring is 1. The molecule has 0 amide bonds. The van der Waals surface area contributed by atoms with Crippen LogP contribution in [0, 0.1) is 0 Å². The third-order valence-corrected chi connectivity index (χ3v) is 3.89. The van der Waals surface area contributed by atoms with Gasteiger partial charge in [-0.05, 0) is 26.8 Å². The Balaban J connectivity index is 2.07. The first kappa shape index (κ1) is 17.9. The molecule has 0 aromatic carbocycles. The molecule has 26 heavy (non-hydrogen) atoms. The van der Waals surface area contributed by atoms with Gasteiger partial charge in [-0.25, -0.2) is 4.98 Å². The van der Waals surface area contributed by atoms with Crippen molar-refractivity contribution in [1.29, 1.82) is 0 Å². The number of aromatic nitrogens is 6. The summed E-state index contributed by atoms with van der Waals surface area (Å²) in [6.07, 6.45) is 6.55. The van der Waals surface area contributed by atoms with Gasteiger partial charge in [-0.3, -0.25) is 4.98 Å². The quantitative estimate of drug-likeness (QED) is 0.403. The van der Waals surface area contributed by atoms with Gasteiger partial charge in [-0.1, -0.05) is 16.8 Å². The number of oxime groups is 1.